The second-order valence-corrected chi connectivity index (χ2v) is 4.65. The Kier molecular flexibility index (Phi) is 6.81. The van der Waals surface area contributed by atoms with Crippen molar-refractivity contribution in [1.82, 2.24) is 4.90 Å². The molecule has 0 aliphatic carbocycles. The number of aliphatic hydroxyl groups is 1. The first kappa shape index (κ1) is 16.2. The lowest BCUT2D eigenvalue weighted by molar-refractivity contribution is -0.131. The summed E-state index contributed by atoms with van der Waals surface area (Å²) in [4.78, 5) is 13.5. The molecule has 0 fully saturated rings. The fraction of sp³-hybridized carbons (Fsp3) is 0.438. The maximum atomic E-state index is 12.0. The molecule has 0 radical (unpaired) electrons. The highest BCUT2D eigenvalue weighted by atomic mass is 16.5. The van der Waals surface area contributed by atoms with Gasteiger partial charge in [-0.25, -0.2) is 0 Å². The number of hydrogen-bond acceptors (Lipinski definition) is 3. The summed E-state index contributed by atoms with van der Waals surface area (Å²) in [5.41, 5.74) is 2.26. The lowest BCUT2D eigenvalue weighted by Crippen LogP contribution is -2.34. The van der Waals surface area contributed by atoms with Gasteiger partial charge in [0, 0.05) is 13.1 Å². The third-order valence-electron chi connectivity index (χ3n) is 3.20. The summed E-state index contributed by atoms with van der Waals surface area (Å²) in [6.07, 6.45) is 1.94. The van der Waals surface area contributed by atoms with Gasteiger partial charge < -0.3 is 14.7 Å². The van der Waals surface area contributed by atoms with Crippen molar-refractivity contribution < 1.29 is 14.6 Å². The van der Waals surface area contributed by atoms with Crippen molar-refractivity contribution in [1.29, 1.82) is 0 Å². The molecule has 0 aliphatic heterocycles. The molecule has 0 spiro atoms. The van der Waals surface area contributed by atoms with E-state index in [0.717, 1.165) is 11.3 Å². The standard InChI is InChI=1S/C16H23NO3/c1-4-9-17(10-11-18)16(19)8-12-20-15-7-5-6-13(2)14(15)3/h4-7,18H,1,8-12H2,2-3H3. The van der Waals surface area contributed by atoms with Crippen molar-refractivity contribution in [2.45, 2.75) is 20.3 Å². The van der Waals surface area contributed by atoms with E-state index in [0.29, 0.717) is 26.1 Å². The van der Waals surface area contributed by atoms with E-state index >= 15 is 0 Å². The number of rotatable bonds is 8. The van der Waals surface area contributed by atoms with Crippen LogP contribution in [0.25, 0.3) is 0 Å². The molecule has 0 bridgehead atoms. The van der Waals surface area contributed by atoms with Crippen molar-refractivity contribution in [2.24, 2.45) is 0 Å². The van der Waals surface area contributed by atoms with Crippen LogP contribution in [0.1, 0.15) is 17.5 Å². The molecule has 0 aliphatic rings. The Morgan fingerprint density at radius 3 is 2.85 bits per heavy atom. The summed E-state index contributed by atoms with van der Waals surface area (Å²) in [5, 5.41) is 8.92. The van der Waals surface area contributed by atoms with Crippen LogP contribution in [0.3, 0.4) is 0 Å². The molecule has 0 atom stereocenters. The zero-order valence-corrected chi connectivity index (χ0v) is 12.3. The quantitative estimate of drug-likeness (QED) is 0.740. The molecule has 0 unspecified atom stereocenters. The Labute approximate surface area is 120 Å². The molecule has 0 heterocycles. The number of aryl methyl sites for hydroxylation is 1. The largest absolute Gasteiger partial charge is 0.493 e. The number of hydrogen-bond donors (Lipinski definition) is 1. The van der Waals surface area contributed by atoms with Gasteiger partial charge in [-0.05, 0) is 31.0 Å². The molecule has 1 aromatic rings. The minimum atomic E-state index is -0.0442. The van der Waals surface area contributed by atoms with Gasteiger partial charge in [0.1, 0.15) is 5.75 Å². The molecule has 1 aromatic carbocycles. The first-order valence-corrected chi connectivity index (χ1v) is 6.78. The van der Waals surface area contributed by atoms with Crippen LogP contribution >= 0.6 is 0 Å². The van der Waals surface area contributed by atoms with E-state index in [1.165, 1.54) is 5.56 Å². The predicted octanol–water partition coefficient (Wildman–Crippen LogP) is 2.08. The third-order valence-corrected chi connectivity index (χ3v) is 3.20. The second-order valence-electron chi connectivity index (χ2n) is 4.65. The van der Waals surface area contributed by atoms with E-state index in [1.807, 2.05) is 32.0 Å². The maximum absolute atomic E-state index is 12.0. The van der Waals surface area contributed by atoms with E-state index in [-0.39, 0.29) is 12.5 Å². The van der Waals surface area contributed by atoms with Gasteiger partial charge in [0.2, 0.25) is 5.91 Å². The van der Waals surface area contributed by atoms with Gasteiger partial charge in [0.15, 0.2) is 0 Å². The van der Waals surface area contributed by atoms with Gasteiger partial charge in [-0.15, -0.1) is 6.58 Å². The molecule has 4 nitrogen and oxygen atoms in total. The Morgan fingerprint density at radius 2 is 2.20 bits per heavy atom. The monoisotopic (exact) mass is 277 g/mol. The van der Waals surface area contributed by atoms with Crippen LogP contribution in [0.5, 0.6) is 5.75 Å². The number of ether oxygens (including phenoxy) is 1. The lowest BCUT2D eigenvalue weighted by atomic mass is 10.1. The highest BCUT2D eigenvalue weighted by Crippen LogP contribution is 2.20. The zero-order valence-electron chi connectivity index (χ0n) is 12.3. The van der Waals surface area contributed by atoms with E-state index in [4.69, 9.17) is 9.84 Å². The minimum absolute atomic E-state index is 0.0377. The van der Waals surface area contributed by atoms with Crippen LogP contribution in [-0.4, -0.2) is 42.2 Å². The van der Waals surface area contributed by atoms with Crippen LogP contribution < -0.4 is 4.74 Å². The molecular weight excluding hydrogens is 254 g/mol. The molecular formula is C16H23NO3. The van der Waals surface area contributed by atoms with Crippen molar-refractivity contribution in [2.75, 3.05) is 26.3 Å². The van der Waals surface area contributed by atoms with Crippen molar-refractivity contribution in [3.63, 3.8) is 0 Å². The predicted molar refractivity (Wildman–Crippen MR) is 79.9 cm³/mol. The van der Waals surface area contributed by atoms with Crippen molar-refractivity contribution >= 4 is 5.91 Å². The summed E-state index contributed by atoms with van der Waals surface area (Å²) in [6.45, 7) is 8.70. The normalized spacial score (nSPS) is 10.2. The van der Waals surface area contributed by atoms with Crippen LogP contribution in [0, 0.1) is 13.8 Å². The number of nitrogens with zero attached hydrogens (tertiary/aromatic N) is 1. The third kappa shape index (κ3) is 4.70. The fourth-order valence-corrected chi connectivity index (χ4v) is 1.88. The van der Waals surface area contributed by atoms with Crippen LogP contribution in [0.15, 0.2) is 30.9 Å². The average Bonchev–Trinajstić information content (AvgIpc) is 2.43. The number of aliphatic hydroxyl groups excluding tert-OH is 1. The molecule has 1 amide bonds. The molecule has 0 saturated heterocycles. The van der Waals surface area contributed by atoms with E-state index in [1.54, 1.807) is 11.0 Å². The number of amides is 1. The maximum Gasteiger partial charge on any atom is 0.226 e. The Hall–Kier alpha value is -1.81. The summed E-state index contributed by atoms with van der Waals surface area (Å²) < 4.78 is 5.66. The van der Waals surface area contributed by atoms with Crippen molar-refractivity contribution in [3.8, 4) is 5.75 Å². The van der Waals surface area contributed by atoms with Gasteiger partial charge in [-0.3, -0.25) is 4.79 Å². The Bertz CT molecular complexity index is 457. The van der Waals surface area contributed by atoms with Gasteiger partial charge in [0.05, 0.1) is 19.6 Å². The SMILES string of the molecule is C=CCN(CCO)C(=O)CCOc1cccc(C)c1C. The average molecular weight is 277 g/mol. The minimum Gasteiger partial charge on any atom is -0.493 e. The summed E-state index contributed by atoms with van der Waals surface area (Å²) in [6, 6.07) is 5.87. The number of carbonyl (C=O) groups is 1. The highest BCUT2D eigenvalue weighted by molar-refractivity contribution is 5.76. The second kappa shape index (κ2) is 8.38. The molecule has 1 N–H and O–H groups in total. The fourth-order valence-electron chi connectivity index (χ4n) is 1.88. The van der Waals surface area contributed by atoms with Gasteiger partial charge in [-0.1, -0.05) is 18.2 Å². The van der Waals surface area contributed by atoms with E-state index in [2.05, 4.69) is 6.58 Å². The van der Waals surface area contributed by atoms with Crippen LogP contribution in [-0.2, 0) is 4.79 Å². The summed E-state index contributed by atoms with van der Waals surface area (Å²) >= 11 is 0. The van der Waals surface area contributed by atoms with Gasteiger partial charge in [-0.2, -0.15) is 0 Å². The first-order chi connectivity index (χ1) is 9.60. The van der Waals surface area contributed by atoms with E-state index < -0.39 is 0 Å². The zero-order chi connectivity index (χ0) is 15.0. The molecule has 20 heavy (non-hydrogen) atoms. The van der Waals surface area contributed by atoms with Crippen LogP contribution in [0.2, 0.25) is 0 Å². The summed E-state index contributed by atoms with van der Waals surface area (Å²) in [5.74, 6) is 0.777. The molecule has 4 heteroatoms. The Balaban J connectivity index is 2.48. The first-order valence-electron chi connectivity index (χ1n) is 6.78. The van der Waals surface area contributed by atoms with E-state index in [9.17, 15) is 4.79 Å². The molecule has 1 rings (SSSR count). The number of carbonyl (C=O) groups excluding carboxylic acids is 1. The van der Waals surface area contributed by atoms with Gasteiger partial charge >= 0.3 is 0 Å². The lowest BCUT2D eigenvalue weighted by Gasteiger charge is -2.20. The molecule has 0 saturated carbocycles. The smallest absolute Gasteiger partial charge is 0.226 e. The van der Waals surface area contributed by atoms with Crippen LogP contribution in [0.4, 0.5) is 0 Å². The van der Waals surface area contributed by atoms with Gasteiger partial charge in [0.25, 0.3) is 0 Å². The topological polar surface area (TPSA) is 49.8 Å². The highest BCUT2D eigenvalue weighted by Gasteiger charge is 2.11. The molecule has 110 valence electrons. The number of benzene rings is 1. The molecule has 0 aromatic heterocycles. The Morgan fingerprint density at radius 1 is 1.45 bits per heavy atom. The van der Waals surface area contributed by atoms with Crippen molar-refractivity contribution in [3.05, 3.63) is 42.0 Å². The summed E-state index contributed by atoms with van der Waals surface area (Å²) in [7, 11) is 0.